The molecule has 1 aromatic heterocycles. The number of ether oxygens (including phenoxy) is 2. The lowest BCUT2D eigenvalue weighted by Gasteiger charge is -2.36. The van der Waals surface area contributed by atoms with Crippen molar-refractivity contribution in [2.45, 2.75) is 12.5 Å². The summed E-state index contributed by atoms with van der Waals surface area (Å²) >= 11 is 0. The molecule has 4 nitrogen and oxygen atoms in total. The van der Waals surface area contributed by atoms with Gasteiger partial charge < -0.3 is 14.6 Å². The van der Waals surface area contributed by atoms with Gasteiger partial charge in [0, 0.05) is 6.20 Å². The molecule has 1 aromatic rings. The molecule has 14 heavy (non-hydrogen) atoms. The van der Waals surface area contributed by atoms with E-state index in [1.807, 2.05) is 13.0 Å². The van der Waals surface area contributed by atoms with Crippen LogP contribution in [-0.4, -0.2) is 29.9 Å². The molecule has 1 saturated heterocycles. The summed E-state index contributed by atoms with van der Waals surface area (Å²) in [6, 6.07) is 3.61. The van der Waals surface area contributed by atoms with E-state index in [4.69, 9.17) is 9.47 Å². The molecular formula is C10H13NO3. The number of hydrogen-bond acceptors (Lipinski definition) is 4. The van der Waals surface area contributed by atoms with Crippen LogP contribution in [0.3, 0.4) is 0 Å². The fraction of sp³-hybridized carbons (Fsp3) is 0.500. The van der Waals surface area contributed by atoms with E-state index in [1.165, 1.54) is 0 Å². The van der Waals surface area contributed by atoms with Crippen molar-refractivity contribution in [3.63, 3.8) is 0 Å². The van der Waals surface area contributed by atoms with E-state index < -0.39 is 5.60 Å². The maximum Gasteiger partial charge on any atom is 0.219 e. The van der Waals surface area contributed by atoms with Crippen molar-refractivity contribution in [3.8, 4) is 5.88 Å². The lowest BCUT2D eigenvalue weighted by atomic mass is 9.93. The van der Waals surface area contributed by atoms with Gasteiger partial charge in [0.05, 0.1) is 25.4 Å². The molecule has 0 saturated carbocycles. The molecule has 1 N–H and O–H groups in total. The summed E-state index contributed by atoms with van der Waals surface area (Å²) in [5, 5.41) is 10.0. The minimum atomic E-state index is -0.904. The number of rotatable bonds is 3. The Morgan fingerprint density at radius 3 is 3.00 bits per heavy atom. The average Bonchev–Trinajstić information content (AvgIpc) is 2.16. The highest BCUT2D eigenvalue weighted by Crippen LogP contribution is 2.34. The highest BCUT2D eigenvalue weighted by Gasteiger charge is 2.40. The molecule has 0 amide bonds. The Kier molecular flexibility index (Phi) is 2.39. The van der Waals surface area contributed by atoms with Gasteiger partial charge in [-0.2, -0.15) is 0 Å². The van der Waals surface area contributed by atoms with Crippen LogP contribution in [0, 0.1) is 0 Å². The lowest BCUT2D eigenvalue weighted by Crippen LogP contribution is -2.46. The second kappa shape index (κ2) is 3.55. The highest BCUT2D eigenvalue weighted by atomic mass is 16.5. The van der Waals surface area contributed by atoms with Crippen molar-refractivity contribution in [2.24, 2.45) is 0 Å². The standard InChI is InChI=1S/C10H13NO3/c1-2-14-9-8(4-3-5-11-9)10(12)6-13-7-10/h3-5,12H,2,6-7H2,1H3. The minimum Gasteiger partial charge on any atom is -0.478 e. The predicted octanol–water partition coefficient (Wildman–Crippen LogP) is 0.698. The maximum atomic E-state index is 10.0. The summed E-state index contributed by atoms with van der Waals surface area (Å²) < 4.78 is 10.3. The molecule has 0 spiro atoms. The van der Waals surface area contributed by atoms with Gasteiger partial charge >= 0.3 is 0 Å². The first-order valence-corrected chi connectivity index (χ1v) is 4.65. The van der Waals surface area contributed by atoms with Crippen molar-refractivity contribution in [1.29, 1.82) is 0 Å². The van der Waals surface area contributed by atoms with Gasteiger partial charge in [0.25, 0.3) is 0 Å². The van der Waals surface area contributed by atoms with Crippen LogP contribution in [0.4, 0.5) is 0 Å². The minimum absolute atomic E-state index is 0.318. The van der Waals surface area contributed by atoms with E-state index in [0.717, 1.165) is 0 Å². The highest BCUT2D eigenvalue weighted by molar-refractivity contribution is 5.33. The maximum absolute atomic E-state index is 10.0. The third kappa shape index (κ3) is 1.47. The quantitative estimate of drug-likeness (QED) is 0.771. The zero-order valence-corrected chi connectivity index (χ0v) is 8.06. The third-order valence-corrected chi connectivity index (χ3v) is 2.24. The molecule has 1 fully saturated rings. The summed E-state index contributed by atoms with van der Waals surface area (Å²) in [6.07, 6.45) is 1.65. The average molecular weight is 195 g/mol. The van der Waals surface area contributed by atoms with Gasteiger partial charge in [-0.25, -0.2) is 4.98 Å². The Bertz CT molecular complexity index is 323. The van der Waals surface area contributed by atoms with Crippen molar-refractivity contribution < 1.29 is 14.6 Å². The van der Waals surface area contributed by atoms with Crippen LogP contribution in [0.2, 0.25) is 0 Å². The predicted molar refractivity (Wildman–Crippen MR) is 50.1 cm³/mol. The summed E-state index contributed by atoms with van der Waals surface area (Å²) in [5.74, 6) is 0.501. The van der Waals surface area contributed by atoms with Crippen molar-refractivity contribution in [1.82, 2.24) is 4.98 Å². The van der Waals surface area contributed by atoms with Crippen LogP contribution < -0.4 is 4.74 Å². The van der Waals surface area contributed by atoms with Crippen molar-refractivity contribution in [3.05, 3.63) is 23.9 Å². The monoisotopic (exact) mass is 195 g/mol. The number of nitrogens with zero attached hydrogens (tertiary/aromatic N) is 1. The molecule has 2 heterocycles. The molecule has 1 aliphatic rings. The SMILES string of the molecule is CCOc1ncccc1C1(O)COC1. The van der Waals surface area contributed by atoms with Crippen LogP contribution in [0.25, 0.3) is 0 Å². The Morgan fingerprint density at radius 1 is 1.64 bits per heavy atom. The zero-order valence-electron chi connectivity index (χ0n) is 8.06. The lowest BCUT2D eigenvalue weighted by molar-refractivity contribution is -0.185. The normalized spacial score (nSPS) is 18.7. The smallest absolute Gasteiger partial charge is 0.219 e. The summed E-state index contributed by atoms with van der Waals surface area (Å²) in [6.45, 7) is 3.07. The molecule has 0 aliphatic carbocycles. The Morgan fingerprint density at radius 2 is 2.43 bits per heavy atom. The molecule has 0 atom stereocenters. The second-order valence-corrected chi connectivity index (χ2v) is 3.31. The fourth-order valence-corrected chi connectivity index (χ4v) is 1.45. The summed E-state index contributed by atoms with van der Waals surface area (Å²) in [4.78, 5) is 4.08. The zero-order chi connectivity index (χ0) is 10.0. The van der Waals surface area contributed by atoms with Gasteiger partial charge in [-0.15, -0.1) is 0 Å². The Balaban J connectivity index is 2.31. The van der Waals surface area contributed by atoms with Gasteiger partial charge in [-0.1, -0.05) is 0 Å². The third-order valence-electron chi connectivity index (χ3n) is 2.24. The van der Waals surface area contributed by atoms with E-state index in [9.17, 15) is 5.11 Å². The second-order valence-electron chi connectivity index (χ2n) is 3.31. The number of aromatic nitrogens is 1. The first-order chi connectivity index (χ1) is 6.76. The van der Waals surface area contributed by atoms with Gasteiger partial charge in [-0.3, -0.25) is 0 Å². The van der Waals surface area contributed by atoms with Crippen LogP contribution in [0.15, 0.2) is 18.3 Å². The topological polar surface area (TPSA) is 51.6 Å². The molecule has 0 bridgehead atoms. The van der Waals surface area contributed by atoms with E-state index >= 15 is 0 Å². The fourth-order valence-electron chi connectivity index (χ4n) is 1.45. The Hall–Kier alpha value is -1.13. The Labute approximate surface area is 82.5 Å². The van der Waals surface area contributed by atoms with Crippen molar-refractivity contribution in [2.75, 3.05) is 19.8 Å². The number of hydrogen-bond donors (Lipinski definition) is 1. The van der Waals surface area contributed by atoms with Crippen LogP contribution in [0.1, 0.15) is 12.5 Å². The van der Waals surface area contributed by atoms with E-state index in [-0.39, 0.29) is 0 Å². The van der Waals surface area contributed by atoms with Gasteiger partial charge in [-0.05, 0) is 19.1 Å². The van der Waals surface area contributed by atoms with E-state index in [0.29, 0.717) is 31.3 Å². The van der Waals surface area contributed by atoms with Crippen LogP contribution in [-0.2, 0) is 10.3 Å². The van der Waals surface area contributed by atoms with Gasteiger partial charge in [0.1, 0.15) is 5.60 Å². The number of aliphatic hydroxyl groups is 1. The van der Waals surface area contributed by atoms with Crippen LogP contribution >= 0.6 is 0 Å². The van der Waals surface area contributed by atoms with E-state index in [1.54, 1.807) is 12.3 Å². The molecule has 2 rings (SSSR count). The summed E-state index contributed by atoms with van der Waals surface area (Å²) in [5.41, 5.74) is -0.188. The summed E-state index contributed by atoms with van der Waals surface area (Å²) in [7, 11) is 0. The molecule has 0 unspecified atom stereocenters. The molecule has 1 aliphatic heterocycles. The molecule has 4 heteroatoms. The van der Waals surface area contributed by atoms with Gasteiger partial charge in [0.15, 0.2) is 0 Å². The largest absolute Gasteiger partial charge is 0.478 e. The van der Waals surface area contributed by atoms with Gasteiger partial charge in [0.2, 0.25) is 5.88 Å². The van der Waals surface area contributed by atoms with Crippen molar-refractivity contribution >= 4 is 0 Å². The molecule has 0 radical (unpaired) electrons. The molecular weight excluding hydrogens is 182 g/mol. The first-order valence-electron chi connectivity index (χ1n) is 4.65. The molecule has 76 valence electrons. The van der Waals surface area contributed by atoms with Crippen LogP contribution in [0.5, 0.6) is 5.88 Å². The number of pyridine rings is 1. The molecule has 0 aromatic carbocycles. The van der Waals surface area contributed by atoms with E-state index in [2.05, 4.69) is 4.98 Å². The first kappa shape index (κ1) is 9.43.